The van der Waals surface area contributed by atoms with Crippen molar-refractivity contribution in [2.75, 3.05) is 7.05 Å². The number of thiophene rings is 2. The maximum Gasteiger partial charge on any atom is 0.0931 e. The molecule has 1 unspecified atom stereocenters. The van der Waals surface area contributed by atoms with Crippen molar-refractivity contribution in [3.05, 3.63) is 50.6 Å². The maximum atomic E-state index is 5.98. The Morgan fingerprint density at radius 3 is 3.00 bits per heavy atom. The van der Waals surface area contributed by atoms with Crippen LogP contribution in [-0.4, -0.2) is 12.0 Å². The van der Waals surface area contributed by atoms with Crippen LogP contribution in [0.25, 0.3) is 10.2 Å². The molecule has 0 saturated carbocycles. The standard InChI is InChI=1S/C14H13ClN2S2/c1-16-12(7-10-2-3-14(15)19-10)9-6-13-11(17-8-9)4-5-18-13/h2-6,8,12,16H,7H2,1H3. The van der Waals surface area contributed by atoms with Crippen LogP contribution in [0.15, 0.2) is 35.8 Å². The van der Waals surface area contributed by atoms with Crippen molar-refractivity contribution in [2.24, 2.45) is 0 Å². The lowest BCUT2D eigenvalue weighted by Gasteiger charge is -2.15. The molecule has 0 spiro atoms. The number of hydrogen-bond donors (Lipinski definition) is 1. The van der Waals surface area contributed by atoms with E-state index in [2.05, 4.69) is 33.9 Å². The zero-order valence-electron chi connectivity index (χ0n) is 10.4. The third kappa shape index (κ3) is 2.82. The summed E-state index contributed by atoms with van der Waals surface area (Å²) in [4.78, 5) is 5.79. The average molecular weight is 309 g/mol. The minimum atomic E-state index is 0.272. The summed E-state index contributed by atoms with van der Waals surface area (Å²) in [6.45, 7) is 0. The SMILES string of the molecule is CNC(Cc1ccc(Cl)s1)c1cnc2ccsc2c1. The highest BCUT2D eigenvalue weighted by atomic mass is 35.5. The highest BCUT2D eigenvalue weighted by Crippen LogP contribution is 2.28. The Morgan fingerprint density at radius 2 is 2.26 bits per heavy atom. The molecular weight excluding hydrogens is 296 g/mol. The van der Waals surface area contributed by atoms with Crippen molar-refractivity contribution in [3.8, 4) is 0 Å². The summed E-state index contributed by atoms with van der Waals surface area (Å²) in [7, 11) is 1.98. The number of likely N-dealkylation sites (N-methyl/N-ethyl adjacent to an activating group) is 1. The predicted octanol–water partition coefficient (Wildman–Crippen LogP) is 4.51. The van der Waals surface area contributed by atoms with Crippen LogP contribution in [0.1, 0.15) is 16.5 Å². The molecule has 0 fully saturated rings. The van der Waals surface area contributed by atoms with Gasteiger partial charge in [0.1, 0.15) is 0 Å². The fraction of sp³-hybridized carbons (Fsp3) is 0.214. The van der Waals surface area contributed by atoms with Crippen LogP contribution < -0.4 is 5.32 Å². The third-order valence-electron chi connectivity index (χ3n) is 3.11. The lowest BCUT2D eigenvalue weighted by atomic mass is 10.1. The van der Waals surface area contributed by atoms with Crippen LogP contribution in [0.5, 0.6) is 0 Å². The Labute approximate surface area is 125 Å². The van der Waals surface area contributed by atoms with Crippen LogP contribution in [0.4, 0.5) is 0 Å². The fourth-order valence-electron chi connectivity index (χ4n) is 2.10. The van der Waals surface area contributed by atoms with Crippen LogP contribution in [0, 0.1) is 0 Å². The molecule has 0 bridgehead atoms. The zero-order valence-corrected chi connectivity index (χ0v) is 12.8. The van der Waals surface area contributed by atoms with Gasteiger partial charge in [0.2, 0.25) is 0 Å². The molecule has 19 heavy (non-hydrogen) atoms. The van der Waals surface area contributed by atoms with E-state index in [4.69, 9.17) is 11.6 Å². The normalized spacial score (nSPS) is 12.9. The molecule has 3 aromatic rings. The molecule has 0 saturated heterocycles. The number of nitrogens with zero attached hydrogens (tertiary/aromatic N) is 1. The number of halogens is 1. The molecule has 3 rings (SSSR count). The number of pyridine rings is 1. The minimum absolute atomic E-state index is 0.272. The highest BCUT2D eigenvalue weighted by molar-refractivity contribution is 7.17. The van der Waals surface area contributed by atoms with Crippen molar-refractivity contribution >= 4 is 44.5 Å². The Kier molecular flexibility index (Phi) is 3.84. The van der Waals surface area contributed by atoms with Gasteiger partial charge >= 0.3 is 0 Å². The van der Waals surface area contributed by atoms with E-state index in [1.165, 1.54) is 15.1 Å². The number of aromatic nitrogens is 1. The van der Waals surface area contributed by atoms with Crippen LogP contribution in [0.3, 0.4) is 0 Å². The molecular formula is C14H13ClN2S2. The van der Waals surface area contributed by atoms with E-state index in [9.17, 15) is 0 Å². The van der Waals surface area contributed by atoms with E-state index in [-0.39, 0.29) is 6.04 Å². The largest absolute Gasteiger partial charge is 0.313 e. The minimum Gasteiger partial charge on any atom is -0.313 e. The molecule has 5 heteroatoms. The maximum absolute atomic E-state index is 5.98. The second-order valence-electron chi connectivity index (χ2n) is 4.32. The number of hydrogen-bond acceptors (Lipinski definition) is 4. The van der Waals surface area contributed by atoms with Crippen molar-refractivity contribution in [3.63, 3.8) is 0 Å². The zero-order chi connectivity index (χ0) is 13.2. The second kappa shape index (κ2) is 5.59. The third-order valence-corrected chi connectivity index (χ3v) is 5.22. The summed E-state index contributed by atoms with van der Waals surface area (Å²) >= 11 is 9.35. The number of fused-ring (bicyclic) bond motifs is 1. The molecule has 0 radical (unpaired) electrons. The average Bonchev–Trinajstić information content (AvgIpc) is 3.03. The first-order valence-electron chi connectivity index (χ1n) is 6.01. The van der Waals surface area contributed by atoms with Gasteiger partial charge in [0, 0.05) is 23.5 Å². The topological polar surface area (TPSA) is 24.9 Å². The van der Waals surface area contributed by atoms with Gasteiger partial charge in [-0.05, 0) is 42.3 Å². The molecule has 3 heterocycles. The van der Waals surface area contributed by atoms with Gasteiger partial charge in [-0.3, -0.25) is 4.98 Å². The highest BCUT2D eigenvalue weighted by Gasteiger charge is 2.13. The Balaban J connectivity index is 1.88. The van der Waals surface area contributed by atoms with Crippen LogP contribution in [-0.2, 0) is 6.42 Å². The van der Waals surface area contributed by atoms with Crippen LogP contribution in [0.2, 0.25) is 4.34 Å². The lowest BCUT2D eigenvalue weighted by molar-refractivity contribution is 0.595. The summed E-state index contributed by atoms with van der Waals surface area (Å²) in [6.07, 6.45) is 2.90. The summed E-state index contributed by atoms with van der Waals surface area (Å²) in [5, 5.41) is 5.44. The van der Waals surface area contributed by atoms with Crippen LogP contribution >= 0.6 is 34.3 Å². The Hall–Kier alpha value is -0.940. The Bertz CT molecular complexity index is 689. The van der Waals surface area contributed by atoms with Gasteiger partial charge in [-0.1, -0.05) is 11.6 Å². The molecule has 1 N–H and O–H groups in total. The van der Waals surface area contributed by atoms with E-state index >= 15 is 0 Å². The fourth-order valence-corrected chi connectivity index (χ4v) is 4.02. The van der Waals surface area contributed by atoms with E-state index < -0.39 is 0 Å². The van der Waals surface area contributed by atoms with Gasteiger partial charge in [-0.25, -0.2) is 0 Å². The molecule has 0 amide bonds. The van der Waals surface area contributed by atoms with Crippen molar-refractivity contribution in [1.82, 2.24) is 10.3 Å². The molecule has 0 aliphatic heterocycles. The molecule has 0 aromatic carbocycles. The summed E-state index contributed by atoms with van der Waals surface area (Å²) in [6, 6.07) is 8.60. The second-order valence-corrected chi connectivity index (χ2v) is 7.07. The first kappa shape index (κ1) is 13.1. The van der Waals surface area contributed by atoms with Gasteiger partial charge in [-0.2, -0.15) is 0 Å². The van der Waals surface area contributed by atoms with E-state index in [1.807, 2.05) is 19.3 Å². The molecule has 98 valence electrons. The van der Waals surface area contributed by atoms with E-state index in [0.717, 1.165) is 16.3 Å². The Morgan fingerprint density at radius 1 is 1.37 bits per heavy atom. The smallest absolute Gasteiger partial charge is 0.0931 e. The first-order valence-corrected chi connectivity index (χ1v) is 8.08. The van der Waals surface area contributed by atoms with Crippen molar-refractivity contribution in [1.29, 1.82) is 0 Å². The van der Waals surface area contributed by atoms with E-state index in [1.54, 1.807) is 22.7 Å². The monoisotopic (exact) mass is 308 g/mol. The van der Waals surface area contributed by atoms with Crippen molar-refractivity contribution < 1.29 is 0 Å². The number of rotatable bonds is 4. The first-order chi connectivity index (χ1) is 9.26. The molecule has 0 aliphatic rings. The molecule has 1 atom stereocenters. The number of nitrogens with one attached hydrogen (secondary N) is 1. The van der Waals surface area contributed by atoms with Gasteiger partial charge in [0.25, 0.3) is 0 Å². The summed E-state index contributed by atoms with van der Waals surface area (Å²) in [5.74, 6) is 0. The quantitative estimate of drug-likeness (QED) is 0.767. The van der Waals surface area contributed by atoms with Gasteiger partial charge in [-0.15, -0.1) is 22.7 Å². The molecule has 0 aliphatic carbocycles. The van der Waals surface area contributed by atoms with Gasteiger partial charge in [0.15, 0.2) is 0 Å². The van der Waals surface area contributed by atoms with Gasteiger partial charge < -0.3 is 5.32 Å². The summed E-state index contributed by atoms with van der Waals surface area (Å²) < 4.78 is 2.08. The van der Waals surface area contributed by atoms with Gasteiger partial charge in [0.05, 0.1) is 14.6 Å². The summed E-state index contributed by atoms with van der Waals surface area (Å²) in [5.41, 5.74) is 2.30. The molecule has 3 aromatic heterocycles. The molecule has 2 nitrogen and oxygen atoms in total. The van der Waals surface area contributed by atoms with E-state index in [0.29, 0.717) is 0 Å². The predicted molar refractivity (Wildman–Crippen MR) is 84.5 cm³/mol. The lowest BCUT2D eigenvalue weighted by Crippen LogP contribution is -2.18. The van der Waals surface area contributed by atoms with Crippen molar-refractivity contribution in [2.45, 2.75) is 12.5 Å².